The molecule has 1 aromatic heterocycles. The number of aromatic nitrogens is 2. The van der Waals surface area contributed by atoms with Gasteiger partial charge in [0.1, 0.15) is 12.1 Å². The van der Waals surface area contributed by atoms with Crippen LogP contribution in [-0.2, 0) is 9.47 Å². The molecule has 114 valence electrons. The molecule has 0 radical (unpaired) electrons. The van der Waals surface area contributed by atoms with Crippen LogP contribution in [0.1, 0.15) is 31.7 Å². The smallest absolute Gasteiger partial charge is 0.222 e. The minimum atomic E-state index is 0.298. The van der Waals surface area contributed by atoms with Gasteiger partial charge in [-0.25, -0.2) is 9.97 Å². The minimum absolute atomic E-state index is 0.298. The van der Waals surface area contributed by atoms with Crippen molar-refractivity contribution < 1.29 is 14.2 Å². The molecular weight excluding hydrogens is 258 g/mol. The van der Waals surface area contributed by atoms with E-state index in [4.69, 9.17) is 14.2 Å². The topological polar surface area (TPSA) is 65.5 Å². The molecule has 1 rings (SSSR count). The third-order valence-corrected chi connectivity index (χ3v) is 2.77. The van der Waals surface area contributed by atoms with Gasteiger partial charge in [-0.3, -0.25) is 0 Å². The quantitative estimate of drug-likeness (QED) is 0.663. The molecule has 1 aromatic rings. The Morgan fingerprint density at radius 2 is 1.95 bits per heavy atom. The Balaban J connectivity index is 2.43. The molecule has 0 unspecified atom stereocenters. The summed E-state index contributed by atoms with van der Waals surface area (Å²) in [6, 6.07) is 0. The second-order valence-corrected chi connectivity index (χ2v) is 4.65. The molecule has 0 aliphatic carbocycles. The number of nitrogens with zero attached hydrogens (tertiary/aromatic N) is 2. The zero-order valence-corrected chi connectivity index (χ0v) is 12.8. The van der Waals surface area contributed by atoms with E-state index in [1.807, 2.05) is 7.05 Å². The van der Waals surface area contributed by atoms with E-state index in [2.05, 4.69) is 29.1 Å². The number of hydrogen-bond donors (Lipinski definition) is 1. The predicted octanol–water partition coefficient (Wildman–Crippen LogP) is 2.07. The van der Waals surface area contributed by atoms with Crippen LogP contribution < -0.4 is 10.1 Å². The lowest BCUT2D eigenvalue weighted by Gasteiger charge is -2.15. The van der Waals surface area contributed by atoms with Crippen molar-refractivity contribution in [3.05, 3.63) is 11.9 Å². The van der Waals surface area contributed by atoms with Gasteiger partial charge in [-0.15, -0.1) is 0 Å². The van der Waals surface area contributed by atoms with Crippen molar-refractivity contribution in [3.63, 3.8) is 0 Å². The van der Waals surface area contributed by atoms with Gasteiger partial charge in [0.2, 0.25) is 5.88 Å². The summed E-state index contributed by atoms with van der Waals surface area (Å²) in [4.78, 5) is 8.44. The van der Waals surface area contributed by atoms with Crippen molar-refractivity contribution in [2.75, 3.05) is 45.9 Å². The van der Waals surface area contributed by atoms with Crippen molar-refractivity contribution in [2.24, 2.45) is 0 Å². The van der Waals surface area contributed by atoms with Gasteiger partial charge in [-0.1, -0.05) is 13.8 Å². The van der Waals surface area contributed by atoms with E-state index >= 15 is 0 Å². The van der Waals surface area contributed by atoms with Crippen LogP contribution in [0.4, 0.5) is 5.82 Å². The zero-order valence-electron chi connectivity index (χ0n) is 12.8. The third-order valence-electron chi connectivity index (χ3n) is 2.77. The molecule has 0 aromatic carbocycles. The molecule has 0 bridgehead atoms. The van der Waals surface area contributed by atoms with Crippen LogP contribution in [-0.4, -0.2) is 50.6 Å². The first-order valence-corrected chi connectivity index (χ1v) is 6.92. The van der Waals surface area contributed by atoms with E-state index in [1.165, 1.54) is 6.33 Å². The highest BCUT2D eigenvalue weighted by atomic mass is 16.5. The highest BCUT2D eigenvalue weighted by molar-refractivity contribution is 5.50. The summed E-state index contributed by atoms with van der Waals surface area (Å²) < 4.78 is 16.0. The third kappa shape index (κ3) is 5.30. The minimum Gasteiger partial charge on any atom is -0.477 e. The zero-order chi connectivity index (χ0) is 14.8. The summed E-state index contributed by atoms with van der Waals surface area (Å²) in [5, 5.41) is 3.07. The summed E-state index contributed by atoms with van der Waals surface area (Å²) in [5.41, 5.74) is 1.01. The number of methoxy groups -OCH3 is 1. The van der Waals surface area contributed by atoms with Crippen molar-refractivity contribution in [1.29, 1.82) is 0 Å². The van der Waals surface area contributed by atoms with Gasteiger partial charge in [0, 0.05) is 27.2 Å². The van der Waals surface area contributed by atoms with Crippen molar-refractivity contribution in [2.45, 2.75) is 26.2 Å². The first-order chi connectivity index (χ1) is 9.70. The standard InChI is InChI=1S/C14H25N3O3/c1-11(2)12-13(15-3)16-10-17-14(12)20-7-5-6-19-9-8-18-4/h10-11H,5-9H2,1-4H3,(H,15,16,17). The predicted molar refractivity (Wildman–Crippen MR) is 78.5 cm³/mol. The van der Waals surface area contributed by atoms with Gasteiger partial charge in [-0.2, -0.15) is 0 Å². The second-order valence-electron chi connectivity index (χ2n) is 4.65. The molecule has 0 atom stereocenters. The average molecular weight is 283 g/mol. The van der Waals surface area contributed by atoms with E-state index < -0.39 is 0 Å². The van der Waals surface area contributed by atoms with Crippen LogP contribution in [0.5, 0.6) is 5.88 Å². The van der Waals surface area contributed by atoms with Gasteiger partial charge in [-0.05, 0) is 5.92 Å². The maximum Gasteiger partial charge on any atom is 0.222 e. The van der Waals surface area contributed by atoms with Crippen LogP contribution in [0.15, 0.2) is 6.33 Å². The maximum absolute atomic E-state index is 5.75. The molecule has 0 aliphatic heterocycles. The van der Waals surface area contributed by atoms with Crippen LogP contribution >= 0.6 is 0 Å². The molecule has 0 saturated heterocycles. The van der Waals surface area contributed by atoms with Crippen molar-refractivity contribution >= 4 is 5.82 Å². The number of rotatable bonds is 10. The van der Waals surface area contributed by atoms with Gasteiger partial charge in [0.15, 0.2) is 0 Å². The van der Waals surface area contributed by atoms with E-state index in [1.54, 1.807) is 7.11 Å². The number of anilines is 1. The molecule has 0 amide bonds. The fraction of sp³-hybridized carbons (Fsp3) is 0.714. The lowest BCUT2D eigenvalue weighted by Crippen LogP contribution is -2.10. The van der Waals surface area contributed by atoms with E-state index in [0.29, 0.717) is 38.2 Å². The van der Waals surface area contributed by atoms with E-state index in [0.717, 1.165) is 17.8 Å². The molecule has 0 spiro atoms. The molecule has 0 saturated carbocycles. The summed E-state index contributed by atoms with van der Waals surface area (Å²) in [7, 11) is 3.51. The van der Waals surface area contributed by atoms with Gasteiger partial charge >= 0.3 is 0 Å². The molecule has 0 fully saturated rings. The second kappa shape index (κ2) is 9.50. The van der Waals surface area contributed by atoms with Crippen molar-refractivity contribution in [3.8, 4) is 5.88 Å². The van der Waals surface area contributed by atoms with Crippen molar-refractivity contribution in [1.82, 2.24) is 9.97 Å². The maximum atomic E-state index is 5.75. The fourth-order valence-electron chi connectivity index (χ4n) is 1.79. The average Bonchev–Trinajstić information content (AvgIpc) is 2.45. The Morgan fingerprint density at radius 3 is 2.60 bits per heavy atom. The Bertz CT molecular complexity index is 386. The fourth-order valence-corrected chi connectivity index (χ4v) is 1.79. The first kappa shape index (κ1) is 16.7. The Hall–Kier alpha value is -1.40. The van der Waals surface area contributed by atoms with Crippen LogP contribution in [0.3, 0.4) is 0 Å². The SMILES string of the molecule is CNc1ncnc(OCCCOCCOC)c1C(C)C. The lowest BCUT2D eigenvalue weighted by atomic mass is 10.1. The van der Waals surface area contributed by atoms with Crippen LogP contribution in [0, 0.1) is 0 Å². The Morgan fingerprint density at radius 1 is 1.15 bits per heavy atom. The highest BCUT2D eigenvalue weighted by Crippen LogP contribution is 2.29. The lowest BCUT2D eigenvalue weighted by molar-refractivity contribution is 0.0641. The van der Waals surface area contributed by atoms with Gasteiger partial charge in [0.05, 0.1) is 25.4 Å². The molecule has 6 heteroatoms. The number of hydrogen-bond acceptors (Lipinski definition) is 6. The molecule has 20 heavy (non-hydrogen) atoms. The summed E-state index contributed by atoms with van der Waals surface area (Å²) >= 11 is 0. The van der Waals surface area contributed by atoms with E-state index in [-0.39, 0.29) is 0 Å². The van der Waals surface area contributed by atoms with Crippen LogP contribution in [0.2, 0.25) is 0 Å². The monoisotopic (exact) mass is 283 g/mol. The van der Waals surface area contributed by atoms with Gasteiger partial charge in [0.25, 0.3) is 0 Å². The largest absolute Gasteiger partial charge is 0.477 e. The molecule has 0 aliphatic rings. The molecule has 1 heterocycles. The normalized spacial score (nSPS) is 10.8. The molecule has 6 nitrogen and oxygen atoms in total. The summed E-state index contributed by atoms with van der Waals surface area (Å²) in [6.45, 7) is 6.67. The number of nitrogens with one attached hydrogen (secondary N) is 1. The first-order valence-electron chi connectivity index (χ1n) is 6.92. The van der Waals surface area contributed by atoms with Gasteiger partial charge < -0.3 is 19.5 Å². The molecule has 1 N–H and O–H groups in total. The Labute approximate surface area is 120 Å². The Kier molecular flexibility index (Phi) is 7.91. The number of ether oxygens (including phenoxy) is 3. The summed E-state index contributed by atoms with van der Waals surface area (Å²) in [5.74, 6) is 1.77. The highest BCUT2D eigenvalue weighted by Gasteiger charge is 2.15. The van der Waals surface area contributed by atoms with E-state index in [9.17, 15) is 0 Å². The van der Waals surface area contributed by atoms with Crippen LogP contribution in [0.25, 0.3) is 0 Å². The summed E-state index contributed by atoms with van der Waals surface area (Å²) in [6.07, 6.45) is 2.34. The molecular formula is C14H25N3O3.